The van der Waals surface area contributed by atoms with Crippen LogP contribution in [0.5, 0.6) is 0 Å². The summed E-state index contributed by atoms with van der Waals surface area (Å²) in [4.78, 5) is 0. The number of hydrogen-bond donors (Lipinski definition) is 1. The number of aliphatic hydroxyl groups is 1. The van der Waals surface area contributed by atoms with E-state index in [0.717, 1.165) is 23.1 Å². The molecule has 1 nitrogen and oxygen atoms in total. The summed E-state index contributed by atoms with van der Waals surface area (Å²) >= 11 is 0. The number of rotatable bonds is 3. The molecule has 0 heterocycles. The summed E-state index contributed by atoms with van der Waals surface area (Å²) in [5.74, 6) is 0. The Kier molecular flexibility index (Phi) is 3.37. The summed E-state index contributed by atoms with van der Waals surface area (Å²) < 4.78 is 0. The second-order valence-electron chi connectivity index (χ2n) is 3.88. The van der Waals surface area contributed by atoms with Crippen molar-refractivity contribution in [2.75, 3.05) is 0 Å². The van der Waals surface area contributed by atoms with Crippen molar-refractivity contribution in [1.82, 2.24) is 0 Å². The fraction of sp³-hybridized carbons (Fsp3) is 0.200. The molecule has 0 aliphatic rings. The van der Waals surface area contributed by atoms with E-state index in [1.54, 1.807) is 0 Å². The molecule has 1 heteroatoms. The second-order valence-corrected chi connectivity index (χ2v) is 3.88. The van der Waals surface area contributed by atoms with Gasteiger partial charge in [-0.1, -0.05) is 61.5 Å². The van der Waals surface area contributed by atoms with Crippen LogP contribution in [0, 0.1) is 0 Å². The zero-order chi connectivity index (χ0) is 11.4. The van der Waals surface area contributed by atoms with Crippen LogP contribution in [0.25, 0.3) is 11.1 Å². The molecule has 0 unspecified atom stereocenters. The topological polar surface area (TPSA) is 20.2 Å². The molecule has 0 fully saturated rings. The van der Waals surface area contributed by atoms with Crippen LogP contribution in [0.1, 0.15) is 25.0 Å². The van der Waals surface area contributed by atoms with Crippen LogP contribution in [0.2, 0.25) is 0 Å². The first-order valence-corrected chi connectivity index (χ1v) is 5.65. The van der Waals surface area contributed by atoms with Gasteiger partial charge in [-0.15, -0.1) is 0 Å². The minimum absolute atomic E-state index is 0.378. The summed E-state index contributed by atoms with van der Waals surface area (Å²) in [6.07, 6.45) is 0.362. The maximum absolute atomic E-state index is 9.97. The molecule has 0 saturated heterocycles. The smallest absolute Gasteiger partial charge is 0.0793 e. The Labute approximate surface area is 96.4 Å². The summed E-state index contributed by atoms with van der Waals surface area (Å²) in [5.41, 5.74) is 3.29. The van der Waals surface area contributed by atoms with E-state index < -0.39 is 0 Å². The first-order chi connectivity index (χ1) is 7.83. The molecule has 0 amide bonds. The largest absolute Gasteiger partial charge is 0.388 e. The van der Waals surface area contributed by atoms with Gasteiger partial charge >= 0.3 is 0 Å². The molecule has 1 atom stereocenters. The average molecular weight is 212 g/mol. The van der Waals surface area contributed by atoms with Crippen LogP contribution >= 0.6 is 0 Å². The minimum atomic E-state index is -0.378. The highest BCUT2D eigenvalue weighted by atomic mass is 16.3. The van der Waals surface area contributed by atoms with Gasteiger partial charge in [-0.05, 0) is 23.1 Å². The molecule has 0 aliphatic heterocycles. The quantitative estimate of drug-likeness (QED) is 0.820. The van der Waals surface area contributed by atoms with Crippen molar-refractivity contribution in [2.45, 2.75) is 19.4 Å². The maximum atomic E-state index is 9.97. The van der Waals surface area contributed by atoms with E-state index in [9.17, 15) is 5.11 Å². The molecule has 2 aromatic rings. The van der Waals surface area contributed by atoms with Crippen LogP contribution < -0.4 is 0 Å². The van der Waals surface area contributed by atoms with Gasteiger partial charge in [0.05, 0.1) is 6.10 Å². The average Bonchev–Trinajstić information content (AvgIpc) is 2.39. The van der Waals surface area contributed by atoms with Gasteiger partial charge in [0, 0.05) is 0 Å². The number of benzene rings is 2. The lowest BCUT2D eigenvalue weighted by Gasteiger charge is -2.14. The van der Waals surface area contributed by atoms with Crippen LogP contribution in [0.4, 0.5) is 0 Å². The lowest BCUT2D eigenvalue weighted by Crippen LogP contribution is -1.97. The van der Waals surface area contributed by atoms with E-state index in [1.165, 1.54) is 0 Å². The normalized spacial score (nSPS) is 12.4. The predicted octanol–water partition coefficient (Wildman–Crippen LogP) is 3.80. The molecular weight excluding hydrogens is 196 g/mol. The molecule has 0 radical (unpaired) electrons. The summed E-state index contributed by atoms with van der Waals surface area (Å²) in [5, 5.41) is 9.97. The van der Waals surface area contributed by atoms with Crippen molar-refractivity contribution < 1.29 is 5.11 Å². The van der Waals surface area contributed by atoms with Crippen molar-refractivity contribution in [1.29, 1.82) is 0 Å². The molecular formula is C15H16O. The third-order valence-corrected chi connectivity index (χ3v) is 2.79. The fourth-order valence-corrected chi connectivity index (χ4v) is 1.89. The Morgan fingerprint density at radius 3 is 2.25 bits per heavy atom. The lowest BCUT2D eigenvalue weighted by molar-refractivity contribution is 0.174. The highest BCUT2D eigenvalue weighted by Crippen LogP contribution is 2.29. The monoisotopic (exact) mass is 212 g/mol. The Balaban J connectivity index is 2.49. The second kappa shape index (κ2) is 4.95. The van der Waals surface area contributed by atoms with Gasteiger partial charge < -0.3 is 5.11 Å². The van der Waals surface area contributed by atoms with E-state index in [-0.39, 0.29) is 6.10 Å². The van der Waals surface area contributed by atoms with E-state index >= 15 is 0 Å². The predicted molar refractivity (Wildman–Crippen MR) is 67.1 cm³/mol. The van der Waals surface area contributed by atoms with Gasteiger partial charge in [-0.25, -0.2) is 0 Å². The van der Waals surface area contributed by atoms with Crippen molar-refractivity contribution in [2.24, 2.45) is 0 Å². The van der Waals surface area contributed by atoms with Crippen molar-refractivity contribution in [3.8, 4) is 11.1 Å². The van der Waals surface area contributed by atoms with Gasteiger partial charge in [-0.2, -0.15) is 0 Å². The van der Waals surface area contributed by atoms with Gasteiger partial charge in [0.2, 0.25) is 0 Å². The SMILES string of the molecule is CC[C@H](O)c1ccccc1-c1ccccc1. The van der Waals surface area contributed by atoms with Crippen molar-refractivity contribution in [3.05, 3.63) is 60.2 Å². The van der Waals surface area contributed by atoms with Crippen LogP contribution in [-0.2, 0) is 0 Å². The Morgan fingerprint density at radius 2 is 1.56 bits per heavy atom. The van der Waals surface area contributed by atoms with Gasteiger partial charge in [0.25, 0.3) is 0 Å². The Bertz CT molecular complexity index is 448. The first kappa shape index (κ1) is 10.9. The molecule has 82 valence electrons. The van der Waals surface area contributed by atoms with Crippen LogP contribution in [-0.4, -0.2) is 5.11 Å². The van der Waals surface area contributed by atoms with Gasteiger partial charge in [0.15, 0.2) is 0 Å². The maximum Gasteiger partial charge on any atom is 0.0793 e. The van der Waals surface area contributed by atoms with Crippen LogP contribution in [0.3, 0.4) is 0 Å². The minimum Gasteiger partial charge on any atom is -0.388 e. The molecule has 1 N–H and O–H groups in total. The van der Waals surface area contributed by atoms with Crippen molar-refractivity contribution >= 4 is 0 Å². The van der Waals surface area contributed by atoms with Gasteiger partial charge in [-0.3, -0.25) is 0 Å². The van der Waals surface area contributed by atoms with E-state index in [2.05, 4.69) is 18.2 Å². The van der Waals surface area contributed by atoms with Gasteiger partial charge in [0.1, 0.15) is 0 Å². The molecule has 0 saturated carbocycles. The molecule has 2 rings (SSSR count). The highest BCUT2D eigenvalue weighted by Gasteiger charge is 2.10. The zero-order valence-corrected chi connectivity index (χ0v) is 9.43. The first-order valence-electron chi connectivity index (χ1n) is 5.65. The third kappa shape index (κ3) is 2.15. The van der Waals surface area contributed by atoms with E-state index in [4.69, 9.17) is 0 Å². The molecule has 0 spiro atoms. The Hall–Kier alpha value is -1.60. The van der Waals surface area contributed by atoms with Crippen molar-refractivity contribution in [3.63, 3.8) is 0 Å². The number of hydrogen-bond acceptors (Lipinski definition) is 1. The molecule has 16 heavy (non-hydrogen) atoms. The number of aliphatic hydroxyl groups excluding tert-OH is 1. The molecule has 0 aliphatic carbocycles. The zero-order valence-electron chi connectivity index (χ0n) is 9.43. The fourth-order valence-electron chi connectivity index (χ4n) is 1.89. The molecule has 2 aromatic carbocycles. The highest BCUT2D eigenvalue weighted by molar-refractivity contribution is 5.67. The molecule has 0 bridgehead atoms. The summed E-state index contributed by atoms with van der Waals surface area (Å²) in [6, 6.07) is 18.2. The van der Waals surface area contributed by atoms with E-state index in [0.29, 0.717) is 0 Å². The van der Waals surface area contributed by atoms with Crippen LogP contribution in [0.15, 0.2) is 54.6 Å². The van der Waals surface area contributed by atoms with E-state index in [1.807, 2.05) is 43.3 Å². The summed E-state index contributed by atoms with van der Waals surface area (Å²) in [6.45, 7) is 1.99. The molecule has 0 aromatic heterocycles. The standard InChI is InChI=1S/C15H16O/c1-2-15(16)14-11-7-6-10-13(14)12-8-4-3-5-9-12/h3-11,15-16H,2H2,1H3/t15-/m0/s1. The Morgan fingerprint density at radius 1 is 0.938 bits per heavy atom. The third-order valence-electron chi connectivity index (χ3n) is 2.79. The lowest BCUT2D eigenvalue weighted by atomic mass is 9.95. The summed E-state index contributed by atoms with van der Waals surface area (Å²) in [7, 11) is 0.